The highest BCUT2D eigenvalue weighted by atomic mass is 15.2. The normalized spacial score (nSPS) is 29.0. The minimum absolute atomic E-state index is 0.735. The van der Waals surface area contributed by atoms with Crippen LogP contribution in [0.4, 0.5) is 0 Å². The smallest absolute Gasteiger partial charge is 0.0220 e. The van der Waals surface area contributed by atoms with E-state index in [9.17, 15) is 0 Å². The Morgan fingerprint density at radius 2 is 1.52 bits per heavy atom. The molecule has 21 heavy (non-hydrogen) atoms. The number of hydrogen-bond donors (Lipinski definition) is 1. The molecule has 3 rings (SSSR count). The van der Waals surface area contributed by atoms with E-state index in [1.165, 1.54) is 90.5 Å². The van der Waals surface area contributed by atoms with Crippen LogP contribution in [0.2, 0.25) is 0 Å². The highest BCUT2D eigenvalue weighted by molar-refractivity contribution is 4.86. The predicted molar refractivity (Wildman–Crippen MR) is 89.7 cm³/mol. The van der Waals surface area contributed by atoms with E-state index < -0.39 is 0 Å². The molecule has 2 saturated heterocycles. The van der Waals surface area contributed by atoms with Gasteiger partial charge in [-0.1, -0.05) is 19.3 Å². The number of likely N-dealkylation sites (N-methyl/N-ethyl adjacent to an activating group) is 1. The lowest BCUT2D eigenvalue weighted by Crippen LogP contribution is -2.50. The highest BCUT2D eigenvalue weighted by Gasteiger charge is 2.29. The van der Waals surface area contributed by atoms with Gasteiger partial charge in [0.25, 0.3) is 0 Å². The van der Waals surface area contributed by atoms with Gasteiger partial charge in [-0.3, -0.25) is 0 Å². The van der Waals surface area contributed by atoms with Crippen molar-refractivity contribution in [3.8, 4) is 0 Å². The summed E-state index contributed by atoms with van der Waals surface area (Å²) in [6, 6.07) is 1.63. The van der Waals surface area contributed by atoms with Crippen molar-refractivity contribution >= 4 is 0 Å². The van der Waals surface area contributed by atoms with Gasteiger partial charge in [-0.2, -0.15) is 0 Å². The van der Waals surface area contributed by atoms with Gasteiger partial charge < -0.3 is 15.1 Å². The average Bonchev–Trinajstić information content (AvgIpc) is 3.08. The fourth-order valence-electron chi connectivity index (χ4n) is 4.86. The lowest BCUT2D eigenvalue weighted by atomic mass is 9.95. The number of rotatable bonds is 5. The Morgan fingerprint density at radius 3 is 2.14 bits per heavy atom. The van der Waals surface area contributed by atoms with E-state index in [1.807, 2.05) is 0 Å². The highest BCUT2D eigenvalue weighted by Crippen LogP contribution is 2.29. The maximum atomic E-state index is 3.61. The average molecular weight is 293 g/mol. The lowest BCUT2D eigenvalue weighted by molar-refractivity contribution is 0.0846. The SMILES string of the molecule is CNC(CN1CCC(N2CCCCC2)CC1)C1CCCC1. The first-order chi connectivity index (χ1) is 10.4. The van der Waals surface area contributed by atoms with Crippen molar-refractivity contribution in [3.63, 3.8) is 0 Å². The van der Waals surface area contributed by atoms with Gasteiger partial charge >= 0.3 is 0 Å². The zero-order valence-corrected chi connectivity index (χ0v) is 14.0. The summed E-state index contributed by atoms with van der Waals surface area (Å²) in [5.74, 6) is 0.940. The first-order valence-electron chi connectivity index (χ1n) is 9.50. The number of piperidine rings is 2. The van der Waals surface area contributed by atoms with Crippen LogP contribution in [-0.4, -0.2) is 61.7 Å². The second-order valence-electron chi connectivity index (χ2n) is 7.57. The van der Waals surface area contributed by atoms with Crippen molar-refractivity contribution in [2.45, 2.75) is 69.9 Å². The Bertz CT molecular complexity index is 287. The van der Waals surface area contributed by atoms with Crippen LogP contribution in [0.3, 0.4) is 0 Å². The second-order valence-corrected chi connectivity index (χ2v) is 7.57. The molecule has 1 atom stereocenters. The zero-order chi connectivity index (χ0) is 14.5. The third-order valence-corrected chi connectivity index (χ3v) is 6.26. The molecule has 2 aliphatic heterocycles. The van der Waals surface area contributed by atoms with Gasteiger partial charge in [-0.15, -0.1) is 0 Å². The largest absolute Gasteiger partial charge is 0.315 e. The molecule has 1 N–H and O–H groups in total. The van der Waals surface area contributed by atoms with E-state index in [0.717, 1.165) is 18.0 Å². The Hall–Kier alpha value is -0.120. The first kappa shape index (κ1) is 15.8. The molecule has 1 aliphatic carbocycles. The van der Waals surface area contributed by atoms with Crippen molar-refractivity contribution in [1.82, 2.24) is 15.1 Å². The molecule has 3 nitrogen and oxygen atoms in total. The number of hydrogen-bond acceptors (Lipinski definition) is 3. The monoisotopic (exact) mass is 293 g/mol. The summed E-state index contributed by atoms with van der Waals surface area (Å²) in [7, 11) is 2.17. The van der Waals surface area contributed by atoms with Crippen molar-refractivity contribution in [3.05, 3.63) is 0 Å². The quantitative estimate of drug-likeness (QED) is 0.841. The maximum Gasteiger partial charge on any atom is 0.0220 e. The van der Waals surface area contributed by atoms with Gasteiger partial charge in [-0.25, -0.2) is 0 Å². The van der Waals surface area contributed by atoms with Crippen molar-refractivity contribution in [2.75, 3.05) is 39.8 Å². The summed E-state index contributed by atoms with van der Waals surface area (Å²) < 4.78 is 0. The summed E-state index contributed by atoms with van der Waals surface area (Å²) >= 11 is 0. The summed E-state index contributed by atoms with van der Waals surface area (Å²) in [6.45, 7) is 6.67. The summed E-state index contributed by atoms with van der Waals surface area (Å²) in [5.41, 5.74) is 0. The molecule has 2 heterocycles. The minimum Gasteiger partial charge on any atom is -0.315 e. The maximum absolute atomic E-state index is 3.61. The molecule has 1 saturated carbocycles. The van der Waals surface area contributed by atoms with Gasteiger partial charge in [0.05, 0.1) is 0 Å². The molecule has 0 radical (unpaired) electrons. The minimum atomic E-state index is 0.735. The molecule has 3 heteroatoms. The molecule has 3 aliphatic rings. The summed E-state index contributed by atoms with van der Waals surface area (Å²) in [6.07, 6.45) is 13.0. The molecule has 0 amide bonds. The van der Waals surface area contributed by atoms with Gasteiger partial charge in [0.15, 0.2) is 0 Å². The van der Waals surface area contributed by atoms with Crippen LogP contribution in [-0.2, 0) is 0 Å². The van der Waals surface area contributed by atoms with E-state index in [0.29, 0.717) is 0 Å². The molecule has 0 aromatic heterocycles. The van der Waals surface area contributed by atoms with Crippen LogP contribution in [0.5, 0.6) is 0 Å². The molecule has 1 unspecified atom stereocenters. The summed E-state index contributed by atoms with van der Waals surface area (Å²) in [5, 5.41) is 3.61. The van der Waals surface area contributed by atoms with E-state index in [-0.39, 0.29) is 0 Å². The Kier molecular flexibility index (Phi) is 5.96. The molecular formula is C18H35N3. The van der Waals surface area contributed by atoms with Crippen molar-refractivity contribution in [1.29, 1.82) is 0 Å². The van der Waals surface area contributed by atoms with Gasteiger partial charge in [0.1, 0.15) is 0 Å². The van der Waals surface area contributed by atoms with Crippen LogP contribution in [0.1, 0.15) is 57.8 Å². The van der Waals surface area contributed by atoms with Crippen LogP contribution in [0.25, 0.3) is 0 Å². The fourth-order valence-corrected chi connectivity index (χ4v) is 4.86. The van der Waals surface area contributed by atoms with E-state index >= 15 is 0 Å². The van der Waals surface area contributed by atoms with E-state index in [4.69, 9.17) is 0 Å². The second kappa shape index (κ2) is 7.94. The molecule has 0 bridgehead atoms. The Balaban J connectivity index is 1.42. The van der Waals surface area contributed by atoms with Crippen LogP contribution in [0, 0.1) is 5.92 Å². The Labute approximate surface area is 131 Å². The lowest BCUT2D eigenvalue weighted by Gasteiger charge is -2.41. The number of nitrogens with zero attached hydrogens (tertiary/aromatic N) is 2. The van der Waals surface area contributed by atoms with Crippen LogP contribution in [0.15, 0.2) is 0 Å². The van der Waals surface area contributed by atoms with Gasteiger partial charge in [-0.05, 0) is 77.7 Å². The third kappa shape index (κ3) is 4.20. The molecule has 3 fully saturated rings. The standard InChI is InChI=1S/C18H35N3/c1-19-18(16-7-3-4-8-16)15-20-13-9-17(10-14-20)21-11-5-2-6-12-21/h16-19H,2-15H2,1H3. The molecule has 0 aromatic carbocycles. The molecule has 122 valence electrons. The van der Waals surface area contributed by atoms with Crippen molar-refractivity contribution in [2.24, 2.45) is 5.92 Å². The third-order valence-electron chi connectivity index (χ3n) is 6.26. The van der Waals surface area contributed by atoms with Gasteiger partial charge in [0.2, 0.25) is 0 Å². The molecular weight excluding hydrogens is 258 g/mol. The van der Waals surface area contributed by atoms with Crippen LogP contribution < -0.4 is 5.32 Å². The number of likely N-dealkylation sites (tertiary alicyclic amines) is 2. The topological polar surface area (TPSA) is 18.5 Å². The Morgan fingerprint density at radius 1 is 0.857 bits per heavy atom. The molecule has 0 aromatic rings. The zero-order valence-electron chi connectivity index (χ0n) is 14.0. The molecule has 0 spiro atoms. The summed E-state index contributed by atoms with van der Waals surface area (Å²) in [4.78, 5) is 5.52. The van der Waals surface area contributed by atoms with Crippen LogP contribution >= 0.6 is 0 Å². The van der Waals surface area contributed by atoms with Crippen molar-refractivity contribution < 1.29 is 0 Å². The van der Waals surface area contributed by atoms with Gasteiger partial charge in [0, 0.05) is 18.6 Å². The predicted octanol–water partition coefficient (Wildman–Crippen LogP) is 2.71. The van der Waals surface area contributed by atoms with E-state index in [2.05, 4.69) is 22.2 Å². The van der Waals surface area contributed by atoms with E-state index in [1.54, 1.807) is 0 Å². The number of nitrogens with one attached hydrogen (secondary N) is 1. The fraction of sp³-hybridized carbons (Fsp3) is 1.00. The first-order valence-corrected chi connectivity index (χ1v) is 9.50.